The zero-order valence-electron chi connectivity index (χ0n) is 20.7. The monoisotopic (exact) mass is 498 g/mol. The van der Waals surface area contributed by atoms with E-state index in [-0.39, 0.29) is 0 Å². The second-order valence-electron chi connectivity index (χ2n) is 11.3. The molecule has 188 valence electrons. The van der Waals surface area contributed by atoms with Gasteiger partial charge >= 0.3 is 0 Å². The number of unbranched alkanes of at least 4 members (excludes halogenated alkanes) is 2. The van der Waals surface area contributed by atoms with Crippen molar-refractivity contribution in [2.24, 2.45) is 0 Å². The first-order valence-electron chi connectivity index (χ1n) is 13.7. The molecule has 0 saturated carbocycles. The van der Waals surface area contributed by atoms with E-state index in [2.05, 4.69) is 42.1 Å². The second-order valence-corrected chi connectivity index (χ2v) is 16.8. The van der Waals surface area contributed by atoms with Crippen LogP contribution in [0.4, 0.5) is 0 Å². The van der Waals surface area contributed by atoms with Crippen molar-refractivity contribution in [1.29, 1.82) is 0 Å². The van der Waals surface area contributed by atoms with Gasteiger partial charge in [0, 0.05) is 63.4 Å². The minimum Gasteiger partial charge on any atom is -0.270 e. The van der Waals surface area contributed by atoms with E-state index in [0.29, 0.717) is 24.2 Å². The minimum absolute atomic E-state index is 0.530. The summed E-state index contributed by atoms with van der Waals surface area (Å²) in [6.45, 7) is 5.83. The molecule has 0 aromatic carbocycles. The second kappa shape index (κ2) is 8.95. The van der Waals surface area contributed by atoms with Gasteiger partial charge in [-0.15, -0.1) is 0 Å². The first kappa shape index (κ1) is 23.6. The molecule has 6 saturated heterocycles. The van der Waals surface area contributed by atoms with Crippen molar-refractivity contribution in [3.8, 4) is 0 Å². The van der Waals surface area contributed by atoms with Crippen LogP contribution in [0.15, 0.2) is 0 Å². The molecule has 6 fully saturated rings. The van der Waals surface area contributed by atoms with Crippen LogP contribution in [-0.4, -0.2) is 106 Å². The summed E-state index contributed by atoms with van der Waals surface area (Å²) >= 11 is 0. The van der Waals surface area contributed by atoms with E-state index in [0.717, 1.165) is 58.5 Å². The quantitative estimate of drug-likeness (QED) is 0.366. The SMILES string of the molecule is CN(CCCCCN(C)P1(=O)N2CCC[C@H]2[C@@H]2CCCN21)P1(=O)N2CCC[C@H]2[C@@H]2CCCN21. The van der Waals surface area contributed by atoms with Crippen LogP contribution in [0.5, 0.6) is 0 Å². The van der Waals surface area contributed by atoms with Gasteiger partial charge in [0.1, 0.15) is 0 Å². The van der Waals surface area contributed by atoms with Crippen molar-refractivity contribution < 1.29 is 9.13 Å². The summed E-state index contributed by atoms with van der Waals surface area (Å²) in [5, 5.41) is 0. The first-order valence-corrected chi connectivity index (χ1v) is 16.8. The number of hydrogen-bond donors (Lipinski definition) is 0. The average Bonchev–Trinajstić information content (AvgIpc) is 3.62. The van der Waals surface area contributed by atoms with Crippen molar-refractivity contribution in [2.45, 2.75) is 94.8 Å². The van der Waals surface area contributed by atoms with Crippen LogP contribution in [0.3, 0.4) is 0 Å². The predicted molar refractivity (Wildman–Crippen MR) is 133 cm³/mol. The molecule has 0 spiro atoms. The Morgan fingerprint density at radius 1 is 0.576 bits per heavy atom. The Morgan fingerprint density at radius 3 is 1.18 bits per heavy atom. The molecule has 6 aliphatic rings. The smallest absolute Gasteiger partial charge is 0.270 e. The van der Waals surface area contributed by atoms with E-state index < -0.39 is 15.2 Å². The van der Waals surface area contributed by atoms with Gasteiger partial charge in [0.25, 0.3) is 15.2 Å². The van der Waals surface area contributed by atoms with E-state index in [1.807, 2.05) is 0 Å². The molecule has 33 heavy (non-hydrogen) atoms. The molecule has 0 aromatic rings. The molecule has 8 nitrogen and oxygen atoms in total. The zero-order valence-corrected chi connectivity index (χ0v) is 22.5. The summed E-state index contributed by atoms with van der Waals surface area (Å²) in [7, 11) is -0.919. The highest BCUT2D eigenvalue weighted by molar-refractivity contribution is 7.57. The third-order valence-corrected chi connectivity index (χ3v) is 16.5. The highest BCUT2D eigenvalue weighted by atomic mass is 31.2. The molecule has 6 heterocycles. The summed E-state index contributed by atoms with van der Waals surface area (Å²) in [5.41, 5.74) is 0. The summed E-state index contributed by atoms with van der Waals surface area (Å²) < 4.78 is 42.5. The summed E-state index contributed by atoms with van der Waals surface area (Å²) in [5.74, 6) is 0. The maximum absolute atomic E-state index is 14.3. The van der Waals surface area contributed by atoms with Crippen LogP contribution in [0.25, 0.3) is 0 Å². The van der Waals surface area contributed by atoms with E-state index >= 15 is 0 Å². The summed E-state index contributed by atoms with van der Waals surface area (Å²) in [6.07, 6.45) is 12.9. The molecule has 0 amide bonds. The van der Waals surface area contributed by atoms with Gasteiger partial charge in [-0.25, -0.2) is 28.0 Å². The summed E-state index contributed by atoms with van der Waals surface area (Å²) in [6, 6.07) is 2.12. The molecule has 0 unspecified atom stereocenters. The Kier molecular flexibility index (Phi) is 6.41. The number of fused-ring (bicyclic) bond motifs is 6. The van der Waals surface area contributed by atoms with E-state index in [9.17, 15) is 9.13 Å². The number of hydrogen-bond acceptors (Lipinski definition) is 2. The fourth-order valence-corrected chi connectivity index (χ4v) is 15.4. The van der Waals surface area contributed by atoms with Gasteiger partial charge in [-0.05, 0) is 78.3 Å². The van der Waals surface area contributed by atoms with Crippen molar-refractivity contribution in [3.63, 3.8) is 0 Å². The molecule has 0 aromatic heterocycles. The first-order chi connectivity index (χ1) is 16.0. The Bertz CT molecular complexity index is 730. The van der Waals surface area contributed by atoms with Crippen LogP contribution >= 0.6 is 15.2 Å². The maximum atomic E-state index is 14.3. The zero-order chi connectivity index (χ0) is 22.8. The molecule has 0 radical (unpaired) electrons. The third-order valence-electron chi connectivity index (χ3n) is 9.66. The van der Waals surface area contributed by atoms with E-state index in [1.54, 1.807) is 0 Å². The van der Waals surface area contributed by atoms with Crippen molar-refractivity contribution in [2.75, 3.05) is 53.4 Å². The normalized spacial score (nSPS) is 37.9. The molecule has 4 atom stereocenters. The minimum atomic E-state index is -2.56. The standard InChI is InChI=1S/C23H44N6O2P2/c1-24(32(30)26-16-6-10-20(26)21-11-7-17-27(21)32)14-4-3-5-15-25(2)33(31)28-18-8-12-22(28)23-13-9-19-29(23)33/h20-23H,3-19H2,1-2H3/t20-,21-,22-,23-/m0/s1. The van der Waals surface area contributed by atoms with Gasteiger partial charge in [-0.3, -0.25) is 9.13 Å². The van der Waals surface area contributed by atoms with Crippen molar-refractivity contribution in [3.05, 3.63) is 0 Å². The van der Waals surface area contributed by atoms with Gasteiger partial charge < -0.3 is 0 Å². The van der Waals surface area contributed by atoms with Crippen molar-refractivity contribution >= 4 is 15.2 Å². The van der Waals surface area contributed by atoms with E-state index in [4.69, 9.17) is 0 Å². The van der Waals surface area contributed by atoms with Gasteiger partial charge in [0.2, 0.25) is 0 Å². The van der Waals surface area contributed by atoms with Crippen LogP contribution < -0.4 is 0 Å². The van der Waals surface area contributed by atoms with E-state index in [1.165, 1.54) is 51.4 Å². The Balaban J connectivity index is 1.02. The maximum Gasteiger partial charge on any atom is 0.287 e. The topological polar surface area (TPSA) is 53.6 Å². The lowest BCUT2D eigenvalue weighted by Crippen LogP contribution is -2.32. The predicted octanol–water partition coefficient (Wildman–Crippen LogP) is 4.12. The molecular weight excluding hydrogens is 454 g/mol. The third kappa shape index (κ3) is 3.46. The van der Waals surface area contributed by atoms with Crippen LogP contribution in [-0.2, 0) is 9.13 Å². The van der Waals surface area contributed by atoms with Crippen molar-refractivity contribution in [1.82, 2.24) is 28.0 Å². The fourth-order valence-electron chi connectivity index (χ4n) is 8.17. The lowest BCUT2D eigenvalue weighted by atomic mass is 10.1. The molecule has 0 aliphatic carbocycles. The van der Waals surface area contributed by atoms with Gasteiger partial charge in [-0.1, -0.05) is 6.42 Å². The van der Waals surface area contributed by atoms with Crippen LogP contribution in [0, 0.1) is 0 Å². The van der Waals surface area contributed by atoms with Gasteiger partial charge in [-0.2, -0.15) is 0 Å². The Hall–Kier alpha value is 0.220. The van der Waals surface area contributed by atoms with Crippen LogP contribution in [0.2, 0.25) is 0 Å². The molecule has 10 heteroatoms. The lowest BCUT2D eigenvalue weighted by molar-refractivity contribution is 0.341. The van der Waals surface area contributed by atoms with Gasteiger partial charge in [0.15, 0.2) is 0 Å². The lowest BCUT2D eigenvalue weighted by Gasteiger charge is -2.36. The Morgan fingerprint density at radius 2 is 0.879 bits per heavy atom. The Labute approximate surface area is 200 Å². The molecular formula is C23H44N6O2P2. The largest absolute Gasteiger partial charge is 0.287 e. The van der Waals surface area contributed by atoms with Crippen LogP contribution in [0.1, 0.15) is 70.6 Å². The molecule has 0 bridgehead atoms. The van der Waals surface area contributed by atoms with Gasteiger partial charge in [0.05, 0.1) is 0 Å². The highest BCUT2D eigenvalue weighted by Gasteiger charge is 2.60. The average molecular weight is 499 g/mol. The fraction of sp³-hybridized carbons (Fsp3) is 1.00. The molecule has 0 N–H and O–H groups in total. The summed E-state index contributed by atoms with van der Waals surface area (Å²) in [4.78, 5) is 0. The molecule has 6 rings (SSSR count). The molecule has 6 aliphatic heterocycles. The number of rotatable bonds is 8. The number of nitrogens with zero attached hydrogens (tertiary/aromatic N) is 6. The highest BCUT2D eigenvalue weighted by Crippen LogP contribution is 2.68.